The molecule has 2 N–H and O–H groups in total. The molecule has 0 amide bonds. The lowest BCUT2D eigenvalue weighted by Gasteiger charge is -2.23. The van der Waals surface area contributed by atoms with Gasteiger partial charge in [0.25, 0.3) is 0 Å². The summed E-state index contributed by atoms with van der Waals surface area (Å²) in [6.07, 6.45) is 4.08. The van der Waals surface area contributed by atoms with Crippen molar-refractivity contribution in [2.24, 2.45) is 11.8 Å². The molecular formula is C20H30N5O8P. The van der Waals surface area contributed by atoms with Gasteiger partial charge in [-0.3, -0.25) is 23.2 Å². The summed E-state index contributed by atoms with van der Waals surface area (Å²) < 4.78 is 41.4. The zero-order valence-electron chi connectivity index (χ0n) is 19.6. The van der Waals surface area contributed by atoms with E-state index in [1.165, 1.54) is 6.20 Å². The first kappa shape index (κ1) is 26.0. The number of hydrogen-bond acceptors (Lipinski definition) is 12. The molecule has 0 spiro atoms. The molecule has 34 heavy (non-hydrogen) atoms. The number of aromatic nitrogens is 4. The SMILES string of the molecule is CC(C)C(=O)OCOP(=O)(COC1(Cn2cnc3cnc(N)nc32)CC1)OCOC(=O)C(C)C. The Morgan fingerprint density at radius 2 is 1.68 bits per heavy atom. The molecule has 2 heterocycles. The van der Waals surface area contributed by atoms with Crippen LogP contribution >= 0.6 is 7.60 Å². The molecule has 188 valence electrons. The van der Waals surface area contributed by atoms with Crippen molar-refractivity contribution in [1.29, 1.82) is 0 Å². The number of esters is 2. The van der Waals surface area contributed by atoms with Gasteiger partial charge in [-0.05, 0) is 12.8 Å². The van der Waals surface area contributed by atoms with Crippen LogP contribution in [-0.2, 0) is 44.0 Å². The van der Waals surface area contributed by atoms with E-state index >= 15 is 0 Å². The summed E-state index contributed by atoms with van der Waals surface area (Å²) in [5, 5.41) is 0. The zero-order chi connectivity index (χ0) is 24.9. The van der Waals surface area contributed by atoms with Gasteiger partial charge in [0.2, 0.25) is 19.5 Å². The number of nitrogens with two attached hydrogens (primary N) is 1. The zero-order valence-corrected chi connectivity index (χ0v) is 20.5. The van der Waals surface area contributed by atoms with E-state index in [0.717, 1.165) is 0 Å². The molecule has 0 aliphatic heterocycles. The monoisotopic (exact) mass is 499 g/mol. The second-order valence-corrected chi connectivity index (χ2v) is 10.6. The van der Waals surface area contributed by atoms with E-state index in [9.17, 15) is 14.2 Å². The summed E-state index contributed by atoms with van der Waals surface area (Å²) in [6, 6.07) is 0. The van der Waals surface area contributed by atoms with Gasteiger partial charge in [0.15, 0.2) is 5.65 Å². The highest BCUT2D eigenvalue weighted by Crippen LogP contribution is 2.52. The molecular weight excluding hydrogens is 469 g/mol. The highest BCUT2D eigenvalue weighted by molar-refractivity contribution is 7.53. The Morgan fingerprint density at radius 3 is 2.21 bits per heavy atom. The maximum atomic E-state index is 13.2. The van der Waals surface area contributed by atoms with Crippen molar-refractivity contribution in [3.63, 3.8) is 0 Å². The van der Waals surface area contributed by atoms with E-state index < -0.39 is 45.1 Å². The maximum absolute atomic E-state index is 13.2. The Balaban J connectivity index is 1.63. The quantitative estimate of drug-likeness (QED) is 0.243. The summed E-state index contributed by atoms with van der Waals surface area (Å²) in [5.74, 6) is -1.69. The maximum Gasteiger partial charge on any atom is 0.361 e. The van der Waals surface area contributed by atoms with Crippen LogP contribution in [0.5, 0.6) is 0 Å². The fourth-order valence-electron chi connectivity index (χ4n) is 2.77. The summed E-state index contributed by atoms with van der Waals surface area (Å²) >= 11 is 0. The van der Waals surface area contributed by atoms with Crippen LogP contribution in [-0.4, -0.2) is 57.0 Å². The highest BCUT2D eigenvalue weighted by Gasteiger charge is 2.47. The number of hydrogen-bond donors (Lipinski definition) is 1. The normalized spacial score (nSPS) is 15.1. The number of carbonyl (C=O) groups excluding carboxylic acids is 2. The van der Waals surface area contributed by atoms with Crippen LogP contribution in [0.1, 0.15) is 40.5 Å². The number of carbonyl (C=O) groups is 2. The van der Waals surface area contributed by atoms with E-state index in [2.05, 4.69) is 15.0 Å². The Bertz CT molecular complexity index is 1040. The van der Waals surface area contributed by atoms with Gasteiger partial charge in [-0.25, -0.2) is 9.97 Å². The topological polar surface area (TPSA) is 167 Å². The van der Waals surface area contributed by atoms with Crippen LogP contribution in [0.4, 0.5) is 5.95 Å². The minimum atomic E-state index is -3.94. The molecule has 14 heteroatoms. The van der Waals surface area contributed by atoms with Gasteiger partial charge in [0, 0.05) is 0 Å². The molecule has 3 rings (SSSR count). The Kier molecular flexibility index (Phi) is 8.24. The molecule has 1 aliphatic rings. The van der Waals surface area contributed by atoms with Crippen molar-refractivity contribution in [3.8, 4) is 0 Å². The van der Waals surface area contributed by atoms with Crippen molar-refractivity contribution in [3.05, 3.63) is 12.5 Å². The fraction of sp³-hybridized carbons (Fsp3) is 0.650. The second-order valence-electron chi connectivity index (χ2n) is 8.61. The Morgan fingerprint density at radius 1 is 1.09 bits per heavy atom. The van der Waals surface area contributed by atoms with E-state index in [4.69, 9.17) is 29.0 Å². The van der Waals surface area contributed by atoms with Gasteiger partial charge in [-0.1, -0.05) is 27.7 Å². The molecule has 13 nitrogen and oxygen atoms in total. The number of ether oxygens (including phenoxy) is 3. The summed E-state index contributed by atoms with van der Waals surface area (Å²) in [4.78, 5) is 35.7. The summed E-state index contributed by atoms with van der Waals surface area (Å²) in [5.41, 5.74) is 6.18. The molecule has 1 aliphatic carbocycles. The predicted molar refractivity (Wildman–Crippen MR) is 119 cm³/mol. The fourth-order valence-corrected chi connectivity index (χ4v) is 3.86. The van der Waals surface area contributed by atoms with Crippen molar-refractivity contribution in [1.82, 2.24) is 19.5 Å². The van der Waals surface area contributed by atoms with Crippen LogP contribution in [0.15, 0.2) is 12.5 Å². The molecule has 0 saturated heterocycles. The number of nitrogen functional groups attached to an aromatic ring is 1. The molecule has 1 fully saturated rings. The van der Waals surface area contributed by atoms with Gasteiger partial charge in [-0.15, -0.1) is 0 Å². The van der Waals surface area contributed by atoms with Gasteiger partial charge in [-0.2, -0.15) is 4.98 Å². The Hall–Kier alpha value is -2.60. The lowest BCUT2D eigenvalue weighted by Crippen LogP contribution is -2.24. The largest absolute Gasteiger partial charge is 0.438 e. The lowest BCUT2D eigenvalue weighted by atomic mass is 10.2. The minimum Gasteiger partial charge on any atom is -0.438 e. The third kappa shape index (κ3) is 6.95. The van der Waals surface area contributed by atoms with Crippen LogP contribution in [0.2, 0.25) is 0 Å². The van der Waals surface area contributed by atoms with Crippen molar-refractivity contribution in [2.45, 2.75) is 52.7 Å². The predicted octanol–water partition coefficient (Wildman–Crippen LogP) is 2.45. The van der Waals surface area contributed by atoms with Gasteiger partial charge < -0.3 is 24.5 Å². The van der Waals surface area contributed by atoms with Crippen molar-refractivity contribution in [2.75, 3.05) is 25.7 Å². The first-order valence-corrected chi connectivity index (χ1v) is 12.5. The molecule has 0 radical (unpaired) electrons. The van der Waals surface area contributed by atoms with Gasteiger partial charge >= 0.3 is 19.5 Å². The first-order valence-electron chi connectivity index (χ1n) is 10.8. The third-order valence-corrected chi connectivity index (χ3v) is 6.46. The molecule has 1 saturated carbocycles. The van der Waals surface area contributed by atoms with Crippen LogP contribution < -0.4 is 5.73 Å². The van der Waals surface area contributed by atoms with Crippen molar-refractivity contribution < 1.29 is 37.4 Å². The third-order valence-electron chi connectivity index (χ3n) is 5.02. The molecule has 0 atom stereocenters. The smallest absolute Gasteiger partial charge is 0.361 e. The van der Waals surface area contributed by atoms with E-state index in [0.29, 0.717) is 30.6 Å². The average molecular weight is 499 g/mol. The van der Waals surface area contributed by atoms with E-state index in [1.807, 2.05) is 0 Å². The summed E-state index contributed by atoms with van der Waals surface area (Å²) in [7, 11) is -3.94. The minimum absolute atomic E-state index is 0.123. The van der Waals surface area contributed by atoms with Crippen molar-refractivity contribution >= 4 is 36.6 Å². The molecule has 0 aromatic carbocycles. The van der Waals surface area contributed by atoms with Gasteiger partial charge in [0.05, 0.1) is 36.5 Å². The number of rotatable bonds is 13. The molecule has 0 unspecified atom stereocenters. The number of fused-ring (bicyclic) bond motifs is 1. The standard InChI is InChI=1S/C20H30N5O8P/c1-13(2)17(26)29-10-32-34(28,33-11-30-18(27)14(3)4)12-31-20(5-6-20)8-25-9-23-15-7-22-19(21)24-16(15)25/h7,9,13-14H,5-6,8,10-12H2,1-4H3,(H2,21,22,24). The van der Waals surface area contributed by atoms with E-state index in [-0.39, 0.29) is 17.8 Å². The first-order chi connectivity index (χ1) is 16.0. The molecule has 2 aromatic heterocycles. The summed E-state index contributed by atoms with van der Waals surface area (Å²) in [6.45, 7) is 5.81. The highest BCUT2D eigenvalue weighted by atomic mass is 31.2. The van der Waals surface area contributed by atoms with E-state index in [1.54, 1.807) is 38.6 Å². The lowest BCUT2D eigenvalue weighted by molar-refractivity contribution is -0.156. The number of imidazole rings is 1. The Labute approximate surface area is 196 Å². The van der Waals surface area contributed by atoms with Crippen LogP contribution in [0.3, 0.4) is 0 Å². The number of anilines is 1. The van der Waals surface area contributed by atoms with Gasteiger partial charge in [0.1, 0.15) is 11.9 Å². The van der Waals surface area contributed by atoms with Crippen LogP contribution in [0, 0.1) is 11.8 Å². The second kappa shape index (κ2) is 10.8. The average Bonchev–Trinajstić information content (AvgIpc) is 3.45. The van der Waals surface area contributed by atoms with Crippen LogP contribution in [0.25, 0.3) is 11.2 Å². The number of nitrogens with zero attached hydrogens (tertiary/aromatic N) is 4. The molecule has 2 aromatic rings. The molecule has 0 bridgehead atoms.